The highest BCUT2D eigenvalue weighted by Crippen LogP contribution is 2.21. The Hall–Kier alpha value is -1.98. The summed E-state index contributed by atoms with van der Waals surface area (Å²) in [6.45, 7) is 2.50. The molecule has 0 bridgehead atoms. The van der Waals surface area contributed by atoms with Crippen LogP contribution in [0.1, 0.15) is 24.0 Å². The Bertz CT molecular complexity index is 845. The summed E-state index contributed by atoms with van der Waals surface area (Å²) in [7, 11) is -3.16. The quantitative estimate of drug-likeness (QED) is 0.783. The zero-order chi connectivity index (χ0) is 18.6. The van der Waals surface area contributed by atoms with E-state index in [-0.39, 0.29) is 5.92 Å². The van der Waals surface area contributed by atoms with Gasteiger partial charge in [0.15, 0.2) is 9.84 Å². The molecule has 2 aromatic rings. The van der Waals surface area contributed by atoms with Gasteiger partial charge in [0.25, 0.3) is 0 Å². The summed E-state index contributed by atoms with van der Waals surface area (Å²) in [5.74, 6) is 0.396. The SMILES string of the molecule is CS(=O)(=O)c1ccc(CN2CCCC(C(=O)Cc3ccccc3)C2)cc1. The second kappa shape index (κ2) is 8.14. The lowest BCUT2D eigenvalue weighted by molar-refractivity contribution is -0.123. The van der Waals surface area contributed by atoms with E-state index in [1.54, 1.807) is 12.1 Å². The molecule has 0 amide bonds. The largest absolute Gasteiger partial charge is 0.299 e. The van der Waals surface area contributed by atoms with Crippen LogP contribution in [0, 0.1) is 5.92 Å². The normalized spacial score (nSPS) is 18.6. The lowest BCUT2D eigenvalue weighted by Crippen LogP contribution is -2.38. The van der Waals surface area contributed by atoms with Gasteiger partial charge >= 0.3 is 0 Å². The molecule has 26 heavy (non-hydrogen) atoms. The maximum absolute atomic E-state index is 12.6. The van der Waals surface area contributed by atoms with Crippen LogP contribution in [0.3, 0.4) is 0 Å². The Kier molecular flexibility index (Phi) is 5.89. The lowest BCUT2D eigenvalue weighted by atomic mass is 9.90. The Labute approximate surface area is 155 Å². The fourth-order valence-corrected chi connectivity index (χ4v) is 4.13. The topological polar surface area (TPSA) is 54.5 Å². The monoisotopic (exact) mass is 371 g/mol. The van der Waals surface area contributed by atoms with Crippen LogP contribution >= 0.6 is 0 Å². The molecule has 4 nitrogen and oxygen atoms in total. The van der Waals surface area contributed by atoms with E-state index in [0.29, 0.717) is 17.1 Å². The average molecular weight is 372 g/mol. The number of hydrogen-bond donors (Lipinski definition) is 0. The number of hydrogen-bond acceptors (Lipinski definition) is 4. The Morgan fingerprint density at radius 3 is 2.38 bits per heavy atom. The zero-order valence-corrected chi connectivity index (χ0v) is 15.9. The third kappa shape index (κ3) is 5.02. The first-order valence-corrected chi connectivity index (χ1v) is 10.9. The van der Waals surface area contributed by atoms with Crippen molar-refractivity contribution in [2.24, 2.45) is 5.92 Å². The van der Waals surface area contributed by atoms with Crippen molar-refractivity contribution in [3.63, 3.8) is 0 Å². The predicted molar refractivity (Wildman–Crippen MR) is 103 cm³/mol. The number of sulfone groups is 1. The summed E-state index contributed by atoms with van der Waals surface area (Å²) >= 11 is 0. The molecule has 0 aliphatic carbocycles. The average Bonchev–Trinajstić information content (AvgIpc) is 2.62. The van der Waals surface area contributed by atoms with Crippen molar-refractivity contribution in [3.05, 3.63) is 65.7 Å². The fraction of sp³-hybridized carbons (Fsp3) is 0.381. The van der Waals surface area contributed by atoms with Crippen molar-refractivity contribution in [3.8, 4) is 0 Å². The lowest BCUT2D eigenvalue weighted by Gasteiger charge is -2.32. The van der Waals surface area contributed by atoms with Gasteiger partial charge in [-0.3, -0.25) is 9.69 Å². The Morgan fingerprint density at radius 1 is 1.04 bits per heavy atom. The van der Waals surface area contributed by atoms with Crippen LogP contribution in [-0.2, 0) is 27.6 Å². The Balaban J connectivity index is 1.59. The van der Waals surface area contributed by atoms with Gasteiger partial charge < -0.3 is 0 Å². The van der Waals surface area contributed by atoms with Crippen LogP contribution in [0.15, 0.2) is 59.5 Å². The minimum Gasteiger partial charge on any atom is -0.299 e. The first-order chi connectivity index (χ1) is 12.4. The summed E-state index contributed by atoms with van der Waals surface area (Å²) in [6.07, 6.45) is 3.69. The van der Waals surface area contributed by atoms with E-state index in [4.69, 9.17) is 0 Å². The number of carbonyl (C=O) groups is 1. The molecule has 1 aliphatic heterocycles. The number of carbonyl (C=O) groups excluding carboxylic acids is 1. The number of piperidine rings is 1. The minimum absolute atomic E-state index is 0.0826. The van der Waals surface area contributed by atoms with Gasteiger partial charge in [0.2, 0.25) is 0 Å². The van der Waals surface area contributed by atoms with Gasteiger partial charge in [0.1, 0.15) is 5.78 Å². The molecule has 0 aromatic heterocycles. The highest BCUT2D eigenvalue weighted by atomic mass is 32.2. The van der Waals surface area contributed by atoms with Gasteiger partial charge in [-0.1, -0.05) is 42.5 Å². The number of ketones is 1. The standard InChI is InChI=1S/C21H25NO3S/c1-26(24,25)20-11-9-18(10-12-20)15-22-13-5-8-19(16-22)21(23)14-17-6-3-2-4-7-17/h2-4,6-7,9-12,19H,5,8,13-16H2,1H3. The van der Waals surface area contributed by atoms with Crippen LogP contribution in [0.5, 0.6) is 0 Å². The second-order valence-corrected chi connectivity index (χ2v) is 9.13. The van der Waals surface area contributed by atoms with Crippen LogP contribution < -0.4 is 0 Å². The van der Waals surface area contributed by atoms with Crippen molar-refractivity contribution in [2.75, 3.05) is 19.3 Å². The van der Waals surface area contributed by atoms with E-state index in [2.05, 4.69) is 4.90 Å². The Morgan fingerprint density at radius 2 is 1.73 bits per heavy atom. The summed E-state index contributed by atoms with van der Waals surface area (Å²) in [6, 6.07) is 17.0. The molecular weight excluding hydrogens is 346 g/mol. The number of Topliss-reactive ketones (excluding diaryl/α,β-unsaturated/α-hetero) is 1. The van der Waals surface area contributed by atoms with Gasteiger partial charge in [0.05, 0.1) is 4.90 Å². The predicted octanol–water partition coefficient (Wildman–Crippen LogP) is 3.11. The van der Waals surface area contributed by atoms with Gasteiger partial charge in [0, 0.05) is 31.7 Å². The molecule has 1 aliphatic rings. The molecule has 0 saturated carbocycles. The molecule has 1 fully saturated rings. The smallest absolute Gasteiger partial charge is 0.175 e. The van der Waals surface area contributed by atoms with Crippen molar-refractivity contribution in [1.29, 1.82) is 0 Å². The van der Waals surface area contributed by atoms with Gasteiger partial charge in [-0.25, -0.2) is 8.42 Å². The molecular formula is C21H25NO3S. The minimum atomic E-state index is -3.16. The highest BCUT2D eigenvalue weighted by Gasteiger charge is 2.25. The molecule has 3 rings (SSSR count). The molecule has 1 heterocycles. The van der Waals surface area contributed by atoms with E-state index in [9.17, 15) is 13.2 Å². The first-order valence-electron chi connectivity index (χ1n) is 9.00. The molecule has 2 aromatic carbocycles. The second-order valence-electron chi connectivity index (χ2n) is 7.12. The number of likely N-dealkylation sites (tertiary alicyclic amines) is 1. The van der Waals surface area contributed by atoms with E-state index in [1.165, 1.54) is 6.26 Å². The zero-order valence-electron chi connectivity index (χ0n) is 15.1. The fourth-order valence-electron chi connectivity index (χ4n) is 3.50. The van der Waals surface area contributed by atoms with E-state index in [1.807, 2.05) is 42.5 Å². The third-order valence-corrected chi connectivity index (χ3v) is 6.07. The first kappa shape index (κ1) is 18.8. The van der Waals surface area contributed by atoms with E-state index in [0.717, 1.165) is 43.6 Å². The van der Waals surface area contributed by atoms with E-state index < -0.39 is 9.84 Å². The molecule has 1 atom stereocenters. The van der Waals surface area contributed by atoms with E-state index >= 15 is 0 Å². The molecule has 138 valence electrons. The molecule has 0 radical (unpaired) electrons. The summed E-state index contributed by atoms with van der Waals surface area (Å²) in [5, 5.41) is 0. The van der Waals surface area contributed by atoms with Crippen LogP contribution in [-0.4, -0.2) is 38.4 Å². The van der Waals surface area contributed by atoms with Crippen molar-refractivity contribution < 1.29 is 13.2 Å². The summed E-state index contributed by atoms with van der Waals surface area (Å²) < 4.78 is 23.1. The van der Waals surface area contributed by atoms with Crippen LogP contribution in [0.4, 0.5) is 0 Å². The van der Waals surface area contributed by atoms with Gasteiger partial charge in [-0.05, 0) is 42.6 Å². The van der Waals surface area contributed by atoms with Crippen molar-refractivity contribution in [2.45, 2.75) is 30.7 Å². The van der Waals surface area contributed by atoms with Gasteiger partial charge in [-0.15, -0.1) is 0 Å². The number of nitrogens with zero attached hydrogens (tertiary/aromatic N) is 1. The third-order valence-electron chi connectivity index (χ3n) is 4.94. The molecule has 5 heteroatoms. The number of rotatable bonds is 6. The highest BCUT2D eigenvalue weighted by molar-refractivity contribution is 7.90. The van der Waals surface area contributed by atoms with Crippen LogP contribution in [0.2, 0.25) is 0 Å². The molecule has 0 spiro atoms. The van der Waals surface area contributed by atoms with Gasteiger partial charge in [-0.2, -0.15) is 0 Å². The maximum atomic E-state index is 12.6. The summed E-state index contributed by atoms with van der Waals surface area (Å²) in [4.78, 5) is 15.3. The molecule has 1 unspecified atom stereocenters. The van der Waals surface area contributed by atoms with Crippen molar-refractivity contribution in [1.82, 2.24) is 4.90 Å². The van der Waals surface area contributed by atoms with Crippen molar-refractivity contribution >= 4 is 15.6 Å². The van der Waals surface area contributed by atoms with Crippen LogP contribution in [0.25, 0.3) is 0 Å². The summed E-state index contributed by atoms with van der Waals surface area (Å²) in [5.41, 5.74) is 2.15. The molecule has 1 saturated heterocycles. The number of benzene rings is 2. The maximum Gasteiger partial charge on any atom is 0.175 e. The molecule has 0 N–H and O–H groups in total.